The van der Waals surface area contributed by atoms with Crippen LogP contribution in [0.4, 0.5) is 0 Å². The maximum absolute atomic E-state index is 13.9. The molecule has 4 rings (SSSR count). The van der Waals surface area contributed by atoms with Gasteiger partial charge in [0.2, 0.25) is 0 Å². The number of benzene rings is 1. The molecule has 2 aliphatic carbocycles. The third kappa shape index (κ3) is 5.28. The van der Waals surface area contributed by atoms with Crippen LogP contribution < -0.4 is 0 Å². The number of phenolic OH excluding ortho intramolecular Hbond substituents is 1. The monoisotopic (exact) mass is 494 g/mol. The standard InChI is InChI=1S/C30H38O6/c1-6-20-8-7-9-26(36-29(34)30(3,4)5)17(2)28(33)25-15-23-21-13-11-19(31)14-18(21)10-12-22(23)24(25)16-27(32)35-20/h10-15,17,20,22-24,26,31H,6-9,16H2,1-5H3/t17-,20+,22-,23+,24+,26+/m1/s1. The third-order valence-electron chi connectivity index (χ3n) is 7.85. The SMILES string of the molecule is CC[C@H]1CCC[C@H](OC(=O)C(C)(C)C)[C@@H](C)C(=O)C2=C[C@H]3c4ccc(O)cc4C=C[C@H]3[C@@H]2CC(=O)O1. The van der Waals surface area contributed by atoms with Gasteiger partial charge in [0.05, 0.1) is 17.8 Å². The van der Waals surface area contributed by atoms with Gasteiger partial charge >= 0.3 is 11.9 Å². The van der Waals surface area contributed by atoms with Gasteiger partial charge in [0.1, 0.15) is 18.0 Å². The Morgan fingerprint density at radius 1 is 1.19 bits per heavy atom. The van der Waals surface area contributed by atoms with Crippen LogP contribution in [0, 0.1) is 23.2 Å². The molecule has 0 amide bonds. The van der Waals surface area contributed by atoms with E-state index < -0.39 is 17.4 Å². The molecular weight excluding hydrogens is 456 g/mol. The zero-order valence-corrected chi connectivity index (χ0v) is 22.0. The van der Waals surface area contributed by atoms with Crippen LogP contribution in [0.2, 0.25) is 0 Å². The normalized spacial score (nSPS) is 30.6. The first-order valence-corrected chi connectivity index (χ1v) is 13.2. The van der Waals surface area contributed by atoms with Crippen LogP contribution in [0.15, 0.2) is 35.9 Å². The quantitative estimate of drug-likeness (QED) is 0.528. The number of cyclic esters (lactones) is 1. The van der Waals surface area contributed by atoms with E-state index in [4.69, 9.17) is 9.47 Å². The van der Waals surface area contributed by atoms with Crippen molar-refractivity contribution in [3.8, 4) is 5.75 Å². The van der Waals surface area contributed by atoms with Gasteiger partial charge in [-0.2, -0.15) is 0 Å². The zero-order valence-electron chi connectivity index (χ0n) is 22.0. The summed E-state index contributed by atoms with van der Waals surface area (Å²) >= 11 is 0. The summed E-state index contributed by atoms with van der Waals surface area (Å²) in [4.78, 5) is 39.7. The molecule has 1 aliphatic heterocycles. The van der Waals surface area contributed by atoms with Crippen molar-refractivity contribution in [3.63, 3.8) is 0 Å². The number of aromatic hydroxyl groups is 1. The molecule has 0 unspecified atom stereocenters. The van der Waals surface area contributed by atoms with Crippen molar-refractivity contribution in [3.05, 3.63) is 47.1 Å². The number of carbonyl (C=O) groups is 3. The number of hydrogen-bond acceptors (Lipinski definition) is 6. The molecule has 36 heavy (non-hydrogen) atoms. The summed E-state index contributed by atoms with van der Waals surface area (Å²) in [6.07, 6.45) is 8.01. The van der Waals surface area contributed by atoms with Crippen LogP contribution in [0.5, 0.6) is 5.75 Å². The van der Waals surface area contributed by atoms with Crippen molar-refractivity contribution >= 4 is 23.8 Å². The highest BCUT2D eigenvalue weighted by Gasteiger charge is 2.45. The van der Waals surface area contributed by atoms with Gasteiger partial charge in [-0.1, -0.05) is 38.1 Å². The van der Waals surface area contributed by atoms with Crippen LogP contribution >= 0.6 is 0 Å². The maximum Gasteiger partial charge on any atom is 0.311 e. The largest absolute Gasteiger partial charge is 0.508 e. The number of ketones is 1. The Kier molecular flexibility index (Phi) is 7.44. The first-order valence-electron chi connectivity index (χ1n) is 13.2. The topological polar surface area (TPSA) is 89.9 Å². The molecule has 1 aromatic rings. The number of esters is 2. The van der Waals surface area contributed by atoms with Gasteiger partial charge in [0.15, 0.2) is 5.78 Å². The van der Waals surface area contributed by atoms with Crippen molar-refractivity contribution in [1.82, 2.24) is 0 Å². The van der Waals surface area contributed by atoms with Gasteiger partial charge in [-0.3, -0.25) is 14.4 Å². The maximum atomic E-state index is 13.9. The van der Waals surface area contributed by atoms with Crippen molar-refractivity contribution in [1.29, 1.82) is 0 Å². The summed E-state index contributed by atoms with van der Waals surface area (Å²) in [6, 6.07) is 5.27. The number of allylic oxidation sites excluding steroid dienone is 3. The van der Waals surface area contributed by atoms with Gasteiger partial charge in [0.25, 0.3) is 0 Å². The summed E-state index contributed by atoms with van der Waals surface area (Å²) < 4.78 is 11.8. The van der Waals surface area contributed by atoms with E-state index in [1.807, 2.05) is 58.9 Å². The zero-order chi connectivity index (χ0) is 26.2. The second-order valence-electron chi connectivity index (χ2n) is 11.5. The molecule has 1 saturated heterocycles. The Bertz CT molecular complexity index is 1090. The predicted octanol–water partition coefficient (Wildman–Crippen LogP) is 5.73. The third-order valence-corrected chi connectivity index (χ3v) is 7.85. The number of fused-ring (bicyclic) bond motifs is 5. The summed E-state index contributed by atoms with van der Waals surface area (Å²) in [5.41, 5.74) is 1.89. The molecule has 1 fully saturated rings. The molecule has 1 heterocycles. The molecule has 6 nitrogen and oxygen atoms in total. The lowest BCUT2D eigenvalue weighted by molar-refractivity contribution is -0.162. The fraction of sp³-hybridized carbons (Fsp3) is 0.567. The minimum absolute atomic E-state index is 0.0562. The molecule has 0 aromatic heterocycles. The Labute approximate surface area is 213 Å². The molecule has 0 saturated carbocycles. The van der Waals surface area contributed by atoms with E-state index >= 15 is 0 Å². The number of phenols is 1. The average Bonchev–Trinajstić information content (AvgIpc) is 3.18. The summed E-state index contributed by atoms with van der Waals surface area (Å²) in [7, 11) is 0. The van der Waals surface area contributed by atoms with Crippen LogP contribution in [-0.2, 0) is 23.9 Å². The highest BCUT2D eigenvalue weighted by Crippen LogP contribution is 2.50. The minimum atomic E-state index is -0.669. The summed E-state index contributed by atoms with van der Waals surface area (Å²) in [5.74, 6) is -1.45. The molecule has 6 heteroatoms. The number of hydrogen-bond donors (Lipinski definition) is 1. The van der Waals surface area contributed by atoms with E-state index in [-0.39, 0.29) is 53.7 Å². The molecule has 0 bridgehead atoms. The highest BCUT2D eigenvalue weighted by atomic mass is 16.5. The van der Waals surface area contributed by atoms with Crippen molar-refractivity contribution < 1.29 is 29.0 Å². The number of carbonyl (C=O) groups excluding carboxylic acids is 3. The Morgan fingerprint density at radius 2 is 1.94 bits per heavy atom. The van der Waals surface area contributed by atoms with E-state index in [1.165, 1.54) is 0 Å². The highest BCUT2D eigenvalue weighted by molar-refractivity contribution is 5.99. The fourth-order valence-electron chi connectivity index (χ4n) is 5.64. The average molecular weight is 495 g/mol. The Balaban J connectivity index is 1.71. The van der Waals surface area contributed by atoms with Gasteiger partial charge < -0.3 is 14.6 Å². The van der Waals surface area contributed by atoms with E-state index in [1.54, 1.807) is 12.1 Å². The number of ether oxygens (including phenoxy) is 2. The molecule has 1 N–H and O–H groups in total. The predicted molar refractivity (Wildman–Crippen MR) is 137 cm³/mol. The molecule has 0 spiro atoms. The van der Waals surface area contributed by atoms with Gasteiger partial charge in [0, 0.05) is 11.8 Å². The molecular formula is C30H38O6. The first-order chi connectivity index (χ1) is 17.0. The molecule has 0 radical (unpaired) electrons. The lowest BCUT2D eigenvalue weighted by Crippen LogP contribution is -2.37. The molecule has 3 aliphatic rings. The second-order valence-corrected chi connectivity index (χ2v) is 11.5. The van der Waals surface area contributed by atoms with Crippen LogP contribution in [0.25, 0.3) is 6.08 Å². The smallest absolute Gasteiger partial charge is 0.311 e. The van der Waals surface area contributed by atoms with E-state index in [2.05, 4.69) is 0 Å². The van der Waals surface area contributed by atoms with Crippen LogP contribution in [-0.4, -0.2) is 35.0 Å². The second kappa shape index (κ2) is 10.2. The van der Waals surface area contributed by atoms with E-state index in [0.717, 1.165) is 11.1 Å². The first kappa shape index (κ1) is 26.2. The number of Topliss-reactive ketones (excluding diaryl/α,β-unsaturated/α-hetero) is 1. The Hall–Kier alpha value is -2.89. The van der Waals surface area contributed by atoms with Crippen molar-refractivity contribution in [2.45, 2.75) is 84.8 Å². The minimum Gasteiger partial charge on any atom is -0.508 e. The van der Waals surface area contributed by atoms with E-state index in [9.17, 15) is 19.5 Å². The summed E-state index contributed by atoms with van der Waals surface area (Å²) in [6.45, 7) is 9.27. The van der Waals surface area contributed by atoms with E-state index in [0.29, 0.717) is 31.3 Å². The Morgan fingerprint density at radius 3 is 2.64 bits per heavy atom. The van der Waals surface area contributed by atoms with Crippen molar-refractivity contribution in [2.24, 2.45) is 23.2 Å². The molecule has 194 valence electrons. The van der Waals surface area contributed by atoms with Crippen LogP contribution in [0.3, 0.4) is 0 Å². The lowest BCUT2D eigenvalue weighted by Gasteiger charge is -2.31. The molecule has 6 atom stereocenters. The number of rotatable bonds is 2. The van der Waals surface area contributed by atoms with Gasteiger partial charge in [-0.25, -0.2) is 0 Å². The van der Waals surface area contributed by atoms with Crippen molar-refractivity contribution in [2.75, 3.05) is 0 Å². The lowest BCUT2D eigenvalue weighted by atomic mass is 9.75. The summed E-state index contributed by atoms with van der Waals surface area (Å²) in [5, 5.41) is 9.94. The molecule has 1 aromatic carbocycles. The van der Waals surface area contributed by atoms with Gasteiger partial charge in [-0.05, 0) is 81.2 Å². The fourth-order valence-corrected chi connectivity index (χ4v) is 5.64. The van der Waals surface area contributed by atoms with Crippen LogP contribution in [0.1, 0.15) is 83.8 Å². The van der Waals surface area contributed by atoms with Gasteiger partial charge in [-0.15, -0.1) is 0 Å².